The Kier molecular flexibility index (Phi) is 5.46. The fraction of sp³-hybridized carbons (Fsp3) is 0.538. The molecule has 0 aliphatic carbocycles. The van der Waals surface area contributed by atoms with Gasteiger partial charge in [0.2, 0.25) is 11.8 Å². The van der Waals surface area contributed by atoms with Crippen LogP contribution in [0.1, 0.15) is 19.8 Å². The molecule has 4 heteroatoms. The average Bonchev–Trinajstić information content (AvgIpc) is 2.38. The predicted molar refractivity (Wildman–Crippen MR) is 67.3 cm³/mol. The molecule has 1 N–H and O–H groups in total. The van der Waals surface area contributed by atoms with Crippen LogP contribution in [-0.2, 0) is 9.59 Å². The van der Waals surface area contributed by atoms with Gasteiger partial charge in [-0.05, 0) is 19.8 Å². The maximum Gasteiger partial charge on any atom is 0.246 e. The van der Waals surface area contributed by atoms with Gasteiger partial charge in [-0.25, -0.2) is 0 Å². The Bertz CT molecular complexity index is 326. The molecule has 1 fully saturated rings. The summed E-state index contributed by atoms with van der Waals surface area (Å²) in [5.74, 6) is 0.170. The summed E-state index contributed by atoms with van der Waals surface area (Å²) < 4.78 is 0. The van der Waals surface area contributed by atoms with Crippen molar-refractivity contribution in [1.82, 2.24) is 10.2 Å². The van der Waals surface area contributed by atoms with E-state index in [0.717, 1.165) is 12.8 Å². The molecule has 1 heterocycles. The Morgan fingerprint density at radius 3 is 2.41 bits per heavy atom. The third-order valence-corrected chi connectivity index (χ3v) is 2.97. The lowest BCUT2D eigenvalue weighted by Gasteiger charge is -2.30. The number of likely N-dealkylation sites (tertiary alicyclic amines) is 1. The normalized spacial score (nSPS) is 17.9. The maximum atomic E-state index is 11.7. The van der Waals surface area contributed by atoms with Gasteiger partial charge in [-0.1, -0.05) is 18.2 Å². The molecule has 0 bridgehead atoms. The van der Waals surface area contributed by atoms with E-state index in [1.54, 1.807) is 24.1 Å². The first-order valence-electron chi connectivity index (χ1n) is 5.99. The Morgan fingerprint density at radius 1 is 1.24 bits per heavy atom. The van der Waals surface area contributed by atoms with Crippen LogP contribution in [0, 0.1) is 5.92 Å². The number of allylic oxidation sites excluding steroid dienone is 3. The van der Waals surface area contributed by atoms with Gasteiger partial charge in [0.25, 0.3) is 0 Å². The zero-order valence-electron chi connectivity index (χ0n) is 10.5. The van der Waals surface area contributed by atoms with Crippen LogP contribution in [0.5, 0.6) is 0 Å². The highest BCUT2D eigenvalue weighted by molar-refractivity contribution is 5.88. The van der Waals surface area contributed by atoms with Gasteiger partial charge in [-0.3, -0.25) is 9.59 Å². The van der Waals surface area contributed by atoms with Gasteiger partial charge in [-0.15, -0.1) is 0 Å². The molecule has 1 aliphatic heterocycles. The monoisotopic (exact) mass is 236 g/mol. The van der Waals surface area contributed by atoms with E-state index in [1.807, 2.05) is 19.1 Å². The van der Waals surface area contributed by atoms with Crippen molar-refractivity contribution in [3.63, 3.8) is 0 Å². The molecule has 0 atom stereocenters. The zero-order chi connectivity index (χ0) is 12.7. The van der Waals surface area contributed by atoms with Crippen molar-refractivity contribution in [2.45, 2.75) is 19.8 Å². The zero-order valence-corrected chi connectivity index (χ0v) is 10.5. The van der Waals surface area contributed by atoms with E-state index in [2.05, 4.69) is 5.32 Å². The molecular weight excluding hydrogens is 216 g/mol. The lowest BCUT2D eigenvalue weighted by molar-refractivity contribution is -0.131. The summed E-state index contributed by atoms with van der Waals surface area (Å²) >= 11 is 0. The van der Waals surface area contributed by atoms with E-state index in [0.29, 0.717) is 13.1 Å². The van der Waals surface area contributed by atoms with Crippen molar-refractivity contribution < 1.29 is 9.59 Å². The minimum absolute atomic E-state index is 0.0263. The van der Waals surface area contributed by atoms with Crippen molar-refractivity contribution in [3.05, 3.63) is 24.3 Å². The summed E-state index contributed by atoms with van der Waals surface area (Å²) in [7, 11) is 1.65. The van der Waals surface area contributed by atoms with Crippen LogP contribution in [0.3, 0.4) is 0 Å². The second kappa shape index (κ2) is 6.89. The molecule has 0 aromatic heterocycles. The summed E-state index contributed by atoms with van der Waals surface area (Å²) in [6.07, 6.45) is 8.52. The molecule has 0 saturated carbocycles. The number of amides is 2. The molecule has 0 unspecified atom stereocenters. The smallest absolute Gasteiger partial charge is 0.246 e. The second-order valence-electron chi connectivity index (χ2n) is 4.10. The summed E-state index contributed by atoms with van der Waals surface area (Å²) in [6.45, 7) is 3.23. The first-order chi connectivity index (χ1) is 8.19. The molecule has 17 heavy (non-hydrogen) atoms. The number of piperidine rings is 1. The fourth-order valence-corrected chi connectivity index (χ4v) is 1.92. The highest BCUT2D eigenvalue weighted by Crippen LogP contribution is 2.17. The summed E-state index contributed by atoms with van der Waals surface area (Å²) in [6, 6.07) is 0. The Hall–Kier alpha value is -1.58. The van der Waals surface area contributed by atoms with Crippen molar-refractivity contribution >= 4 is 11.8 Å². The number of nitrogens with zero attached hydrogens (tertiary/aromatic N) is 1. The molecule has 94 valence electrons. The van der Waals surface area contributed by atoms with Gasteiger partial charge in [0.1, 0.15) is 0 Å². The number of hydrogen-bond acceptors (Lipinski definition) is 2. The van der Waals surface area contributed by atoms with E-state index in [1.165, 1.54) is 0 Å². The van der Waals surface area contributed by atoms with Gasteiger partial charge in [0, 0.05) is 32.1 Å². The van der Waals surface area contributed by atoms with Crippen molar-refractivity contribution in [1.29, 1.82) is 0 Å². The van der Waals surface area contributed by atoms with E-state index in [-0.39, 0.29) is 17.7 Å². The topological polar surface area (TPSA) is 49.4 Å². The lowest BCUT2D eigenvalue weighted by atomic mass is 9.96. The summed E-state index contributed by atoms with van der Waals surface area (Å²) in [4.78, 5) is 24.9. The minimum atomic E-state index is 0.0263. The van der Waals surface area contributed by atoms with Crippen LogP contribution in [0.15, 0.2) is 24.3 Å². The predicted octanol–water partition coefficient (Wildman–Crippen LogP) is 1.10. The van der Waals surface area contributed by atoms with Gasteiger partial charge in [-0.2, -0.15) is 0 Å². The second-order valence-corrected chi connectivity index (χ2v) is 4.10. The third kappa shape index (κ3) is 4.06. The largest absolute Gasteiger partial charge is 0.359 e. The molecule has 0 spiro atoms. The molecule has 0 radical (unpaired) electrons. The SMILES string of the molecule is C/C=C/C=C/C(=O)N1CCC(C(=O)NC)CC1. The van der Waals surface area contributed by atoms with Crippen molar-refractivity contribution in [2.75, 3.05) is 20.1 Å². The fourth-order valence-electron chi connectivity index (χ4n) is 1.92. The molecular formula is C13H20N2O2. The molecule has 1 saturated heterocycles. The van der Waals surface area contributed by atoms with Crippen LogP contribution >= 0.6 is 0 Å². The van der Waals surface area contributed by atoms with Gasteiger partial charge in [0.15, 0.2) is 0 Å². The highest BCUT2D eigenvalue weighted by Gasteiger charge is 2.25. The van der Waals surface area contributed by atoms with E-state index >= 15 is 0 Å². The number of carbonyl (C=O) groups is 2. The molecule has 1 rings (SSSR count). The van der Waals surface area contributed by atoms with E-state index < -0.39 is 0 Å². The van der Waals surface area contributed by atoms with Crippen LogP contribution in [0.25, 0.3) is 0 Å². The van der Waals surface area contributed by atoms with Crippen molar-refractivity contribution in [3.8, 4) is 0 Å². The Labute approximate surface area is 102 Å². The van der Waals surface area contributed by atoms with Crippen LogP contribution in [-0.4, -0.2) is 36.9 Å². The van der Waals surface area contributed by atoms with Crippen molar-refractivity contribution in [2.24, 2.45) is 5.92 Å². The minimum Gasteiger partial charge on any atom is -0.359 e. The summed E-state index contributed by atoms with van der Waals surface area (Å²) in [5, 5.41) is 2.66. The van der Waals surface area contributed by atoms with Gasteiger partial charge in [0.05, 0.1) is 0 Å². The first-order valence-corrected chi connectivity index (χ1v) is 5.99. The lowest BCUT2D eigenvalue weighted by Crippen LogP contribution is -2.41. The van der Waals surface area contributed by atoms with E-state index in [9.17, 15) is 9.59 Å². The number of hydrogen-bond donors (Lipinski definition) is 1. The van der Waals surface area contributed by atoms with Gasteiger partial charge < -0.3 is 10.2 Å². The summed E-state index contributed by atoms with van der Waals surface area (Å²) in [5.41, 5.74) is 0. The Balaban J connectivity index is 2.41. The maximum absolute atomic E-state index is 11.7. The van der Waals surface area contributed by atoms with E-state index in [4.69, 9.17) is 0 Å². The molecule has 0 aromatic rings. The molecule has 1 aliphatic rings. The number of rotatable bonds is 3. The third-order valence-electron chi connectivity index (χ3n) is 2.97. The number of nitrogens with one attached hydrogen (secondary N) is 1. The quantitative estimate of drug-likeness (QED) is 0.589. The number of carbonyl (C=O) groups excluding carboxylic acids is 2. The molecule has 0 aromatic carbocycles. The van der Waals surface area contributed by atoms with Gasteiger partial charge >= 0.3 is 0 Å². The average molecular weight is 236 g/mol. The Morgan fingerprint density at radius 2 is 1.88 bits per heavy atom. The molecule has 2 amide bonds. The first kappa shape index (κ1) is 13.5. The standard InChI is InChI=1S/C13H20N2O2/c1-3-4-5-6-12(16)15-9-7-11(8-10-15)13(17)14-2/h3-6,11H,7-10H2,1-2H3,(H,14,17)/b4-3+,6-5+. The van der Waals surface area contributed by atoms with Crippen LogP contribution in [0.4, 0.5) is 0 Å². The highest BCUT2D eigenvalue weighted by atomic mass is 16.2. The van der Waals surface area contributed by atoms with Crippen LogP contribution in [0.2, 0.25) is 0 Å². The van der Waals surface area contributed by atoms with Crippen LogP contribution < -0.4 is 5.32 Å². The molecule has 4 nitrogen and oxygen atoms in total.